The number of furan rings is 2. The first-order valence-electron chi connectivity index (χ1n) is 8.47. The lowest BCUT2D eigenvalue weighted by Crippen LogP contribution is -2.15. The van der Waals surface area contributed by atoms with Crippen LogP contribution in [0.1, 0.15) is 5.76 Å². The van der Waals surface area contributed by atoms with Crippen molar-refractivity contribution in [2.75, 3.05) is 11.1 Å². The fourth-order valence-corrected chi connectivity index (χ4v) is 3.67. The molecule has 1 N–H and O–H groups in total. The van der Waals surface area contributed by atoms with Gasteiger partial charge in [-0.25, -0.2) is 0 Å². The normalized spacial score (nSPS) is 11.0. The van der Waals surface area contributed by atoms with Gasteiger partial charge in [-0.05, 0) is 42.5 Å². The molecule has 10 heteroatoms. The van der Waals surface area contributed by atoms with Gasteiger partial charge >= 0.3 is 0 Å². The zero-order chi connectivity index (χ0) is 20.2. The zero-order valence-corrected chi connectivity index (χ0v) is 17.2. The summed E-state index contributed by atoms with van der Waals surface area (Å²) < 4.78 is 12.7. The van der Waals surface area contributed by atoms with E-state index in [1.807, 2.05) is 10.6 Å². The van der Waals surface area contributed by atoms with Gasteiger partial charge in [-0.1, -0.05) is 35.0 Å². The summed E-state index contributed by atoms with van der Waals surface area (Å²) in [7, 11) is 0. The fraction of sp³-hybridized carbons (Fsp3) is 0.105. The number of aromatic nitrogens is 3. The number of thioether (sulfide) groups is 1. The highest BCUT2D eigenvalue weighted by Gasteiger charge is 2.19. The third-order valence-corrected chi connectivity index (χ3v) is 5.42. The second-order valence-corrected chi connectivity index (χ2v) is 7.70. The molecule has 0 fully saturated rings. The number of nitrogens with zero attached hydrogens (tertiary/aromatic N) is 3. The number of nitrogens with one attached hydrogen (secondary N) is 1. The number of benzene rings is 1. The topological polar surface area (TPSA) is 86.1 Å². The van der Waals surface area contributed by atoms with Crippen LogP contribution < -0.4 is 5.32 Å². The van der Waals surface area contributed by atoms with Crippen molar-refractivity contribution in [3.8, 4) is 11.6 Å². The van der Waals surface area contributed by atoms with Crippen molar-refractivity contribution < 1.29 is 13.6 Å². The Balaban J connectivity index is 1.51. The standard InChI is InChI=1S/C19H14Cl2N4O3S/c20-12-5-6-14(21)15(9-12)22-17(26)11-29-19-24-23-18(16-4-2-8-28-16)25(19)10-13-3-1-7-27-13/h1-9H,10-11H2,(H,22,26). The van der Waals surface area contributed by atoms with Crippen molar-refractivity contribution in [3.05, 3.63) is 70.8 Å². The Morgan fingerprint density at radius 1 is 1.10 bits per heavy atom. The minimum absolute atomic E-state index is 0.108. The van der Waals surface area contributed by atoms with E-state index in [0.29, 0.717) is 39.0 Å². The van der Waals surface area contributed by atoms with Crippen LogP contribution in [0.4, 0.5) is 5.69 Å². The van der Waals surface area contributed by atoms with E-state index in [1.165, 1.54) is 11.8 Å². The van der Waals surface area contributed by atoms with E-state index in [2.05, 4.69) is 15.5 Å². The number of carbonyl (C=O) groups excluding carboxylic acids is 1. The molecule has 0 aliphatic rings. The van der Waals surface area contributed by atoms with Gasteiger partial charge in [0.25, 0.3) is 0 Å². The predicted molar refractivity (Wildman–Crippen MR) is 111 cm³/mol. The summed E-state index contributed by atoms with van der Waals surface area (Å²) in [5.41, 5.74) is 0.457. The van der Waals surface area contributed by atoms with Gasteiger partial charge in [0.1, 0.15) is 5.76 Å². The summed E-state index contributed by atoms with van der Waals surface area (Å²) in [6, 6.07) is 12.1. The highest BCUT2D eigenvalue weighted by molar-refractivity contribution is 7.99. The van der Waals surface area contributed by atoms with E-state index in [9.17, 15) is 4.79 Å². The molecule has 0 saturated carbocycles. The first-order valence-corrected chi connectivity index (χ1v) is 10.2. The molecule has 3 aromatic heterocycles. The van der Waals surface area contributed by atoms with E-state index in [0.717, 1.165) is 5.76 Å². The van der Waals surface area contributed by atoms with E-state index in [-0.39, 0.29) is 11.7 Å². The van der Waals surface area contributed by atoms with Crippen LogP contribution in [0.2, 0.25) is 10.0 Å². The molecule has 29 heavy (non-hydrogen) atoms. The third kappa shape index (κ3) is 4.67. The maximum absolute atomic E-state index is 12.4. The highest BCUT2D eigenvalue weighted by atomic mass is 35.5. The number of halogens is 2. The number of amides is 1. The minimum Gasteiger partial charge on any atom is -0.467 e. The largest absolute Gasteiger partial charge is 0.467 e. The lowest BCUT2D eigenvalue weighted by atomic mass is 10.3. The fourth-order valence-electron chi connectivity index (χ4n) is 2.59. The summed E-state index contributed by atoms with van der Waals surface area (Å²) >= 11 is 13.3. The lowest BCUT2D eigenvalue weighted by molar-refractivity contribution is -0.113. The van der Waals surface area contributed by atoms with Gasteiger partial charge in [-0.2, -0.15) is 0 Å². The van der Waals surface area contributed by atoms with Crippen molar-refractivity contribution in [2.45, 2.75) is 11.7 Å². The molecule has 0 aliphatic heterocycles. The van der Waals surface area contributed by atoms with Crippen LogP contribution in [0.5, 0.6) is 0 Å². The molecule has 1 amide bonds. The molecule has 3 heterocycles. The molecule has 4 aromatic rings. The highest BCUT2D eigenvalue weighted by Crippen LogP contribution is 2.28. The Labute approximate surface area is 180 Å². The zero-order valence-electron chi connectivity index (χ0n) is 14.8. The molecule has 0 aliphatic carbocycles. The van der Waals surface area contributed by atoms with Crippen LogP contribution in [-0.2, 0) is 11.3 Å². The second kappa shape index (κ2) is 8.77. The van der Waals surface area contributed by atoms with Crippen molar-refractivity contribution in [1.82, 2.24) is 14.8 Å². The molecule has 0 spiro atoms. The van der Waals surface area contributed by atoms with Crippen LogP contribution in [0.15, 0.2) is 69.0 Å². The van der Waals surface area contributed by atoms with E-state index in [4.69, 9.17) is 32.0 Å². The Morgan fingerprint density at radius 2 is 1.93 bits per heavy atom. The summed E-state index contributed by atoms with van der Waals surface area (Å²) in [5, 5.41) is 12.6. The van der Waals surface area contributed by atoms with E-state index in [1.54, 1.807) is 48.9 Å². The van der Waals surface area contributed by atoms with Crippen molar-refractivity contribution in [2.24, 2.45) is 0 Å². The van der Waals surface area contributed by atoms with Crippen LogP contribution in [0.25, 0.3) is 11.6 Å². The molecule has 0 radical (unpaired) electrons. The van der Waals surface area contributed by atoms with Gasteiger partial charge in [0.2, 0.25) is 11.7 Å². The van der Waals surface area contributed by atoms with Crippen molar-refractivity contribution in [1.29, 1.82) is 0 Å². The maximum atomic E-state index is 12.4. The number of anilines is 1. The van der Waals surface area contributed by atoms with Crippen molar-refractivity contribution >= 4 is 46.6 Å². The molecule has 0 bridgehead atoms. The SMILES string of the molecule is O=C(CSc1nnc(-c2ccco2)n1Cc1ccco1)Nc1cc(Cl)ccc1Cl. The summed E-state index contributed by atoms with van der Waals surface area (Å²) in [6.45, 7) is 0.403. The monoisotopic (exact) mass is 448 g/mol. The summed E-state index contributed by atoms with van der Waals surface area (Å²) in [4.78, 5) is 12.4. The summed E-state index contributed by atoms with van der Waals surface area (Å²) in [6.07, 6.45) is 3.16. The summed E-state index contributed by atoms with van der Waals surface area (Å²) in [5.74, 6) is 1.72. The molecule has 0 atom stereocenters. The van der Waals surface area contributed by atoms with Gasteiger partial charge < -0.3 is 14.2 Å². The second-order valence-electron chi connectivity index (χ2n) is 5.91. The maximum Gasteiger partial charge on any atom is 0.234 e. The van der Waals surface area contributed by atoms with E-state index < -0.39 is 0 Å². The Bertz CT molecular complexity index is 1110. The first kappa shape index (κ1) is 19.6. The van der Waals surface area contributed by atoms with Gasteiger partial charge in [0, 0.05) is 5.02 Å². The Kier molecular flexibility index (Phi) is 5.94. The number of carbonyl (C=O) groups is 1. The predicted octanol–water partition coefficient (Wildman–Crippen LogP) is 5.22. The lowest BCUT2D eigenvalue weighted by Gasteiger charge is -2.09. The van der Waals surface area contributed by atoms with Gasteiger partial charge in [-0.3, -0.25) is 9.36 Å². The Morgan fingerprint density at radius 3 is 2.69 bits per heavy atom. The smallest absolute Gasteiger partial charge is 0.234 e. The van der Waals surface area contributed by atoms with Crippen LogP contribution in [0.3, 0.4) is 0 Å². The molecule has 1 aromatic carbocycles. The average Bonchev–Trinajstić information content (AvgIpc) is 3.45. The van der Waals surface area contributed by atoms with Gasteiger partial charge in [0.15, 0.2) is 10.9 Å². The van der Waals surface area contributed by atoms with Crippen LogP contribution in [0, 0.1) is 0 Å². The number of hydrogen-bond acceptors (Lipinski definition) is 6. The third-order valence-electron chi connectivity index (χ3n) is 3.89. The molecule has 0 saturated heterocycles. The number of hydrogen-bond donors (Lipinski definition) is 1. The van der Waals surface area contributed by atoms with Crippen molar-refractivity contribution in [3.63, 3.8) is 0 Å². The molecule has 0 unspecified atom stereocenters. The Hall–Kier alpha value is -2.68. The van der Waals surface area contributed by atoms with Crippen LogP contribution in [-0.4, -0.2) is 26.4 Å². The molecular formula is C19H14Cl2N4O3S. The molecule has 7 nitrogen and oxygen atoms in total. The van der Waals surface area contributed by atoms with E-state index >= 15 is 0 Å². The number of rotatable bonds is 7. The quantitative estimate of drug-likeness (QED) is 0.390. The molecule has 148 valence electrons. The van der Waals surface area contributed by atoms with Gasteiger partial charge in [-0.15, -0.1) is 10.2 Å². The average molecular weight is 449 g/mol. The first-order chi connectivity index (χ1) is 14.1. The van der Waals surface area contributed by atoms with Gasteiger partial charge in [0.05, 0.1) is 35.5 Å². The minimum atomic E-state index is -0.244. The van der Waals surface area contributed by atoms with Crippen LogP contribution >= 0.6 is 35.0 Å². The molecule has 4 rings (SSSR count). The molecular weight excluding hydrogens is 435 g/mol.